The Kier molecular flexibility index (Phi) is 13.0. The van der Waals surface area contributed by atoms with Gasteiger partial charge in [0.15, 0.2) is 0 Å². The fraction of sp³-hybridized carbons (Fsp3) is 0.556. The third-order valence-electron chi connectivity index (χ3n) is 4.35. The van der Waals surface area contributed by atoms with Crippen LogP contribution in [0.1, 0.15) is 38.5 Å². The second kappa shape index (κ2) is 14.8. The van der Waals surface area contributed by atoms with E-state index in [1.54, 1.807) is 0 Å². The molecule has 0 fully saturated rings. The highest BCUT2D eigenvalue weighted by molar-refractivity contribution is 5.96. The molecule has 0 aromatic rings. The molecule has 4 atom stereocenters. The van der Waals surface area contributed by atoms with Gasteiger partial charge >= 0.3 is 17.9 Å². The van der Waals surface area contributed by atoms with Crippen LogP contribution in [0.25, 0.3) is 0 Å². The van der Waals surface area contributed by atoms with Crippen molar-refractivity contribution in [2.24, 2.45) is 17.2 Å². The molecule has 0 saturated heterocycles. The zero-order valence-electron chi connectivity index (χ0n) is 18.4. The van der Waals surface area contributed by atoms with E-state index in [1.807, 2.05) is 5.32 Å². The van der Waals surface area contributed by atoms with Crippen molar-refractivity contribution in [2.45, 2.75) is 62.7 Å². The number of carboxylic acid groups (broad SMARTS) is 3. The molecule has 17 nitrogen and oxygen atoms in total. The third kappa shape index (κ3) is 13.1. The van der Waals surface area contributed by atoms with Gasteiger partial charge in [0, 0.05) is 12.8 Å². The molecule has 0 aromatic carbocycles. The molecule has 0 aromatic heterocycles. The largest absolute Gasteiger partial charge is 0.481 e. The van der Waals surface area contributed by atoms with Crippen LogP contribution in [0, 0.1) is 0 Å². The first-order valence-electron chi connectivity index (χ1n) is 10.0. The Labute approximate surface area is 197 Å². The van der Waals surface area contributed by atoms with E-state index in [-0.39, 0.29) is 6.42 Å². The molecule has 0 heterocycles. The summed E-state index contributed by atoms with van der Waals surface area (Å²) in [6.07, 6.45) is -3.41. The van der Waals surface area contributed by atoms with Crippen molar-refractivity contribution in [2.75, 3.05) is 0 Å². The fourth-order valence-corrected chi connectivity index (χ4v) is 2.57. The quantitative estimate of drug-likeness (QED) is 0.0902. The Morgan fingerprint density at radius 1 is 0.600 bits per heavy atom. The van der Waals surface area contributed by atoms with Crippen LogP contribution in [0.4, 0.5) is 0 Å². The topological polar surface area (TPSA) is 311 Å². The first-order chi connectivity index (χ1) is 16.1. The Balaban J connectivity index is 5.59. The van der Waals surface area contributed by atoms with Gasteiger partial charge in [0.25, 0.3) is 0 Å². The summed E-state index contributed by atoms with van der Waals surface area (Å²) in [7, 11) is 0. The van der Waals surface area contributed by atoms with E-state index in [0.717, 1.165) is 0 Å². The van der Waals surface area contributed by atoms with Crippen molar-refractivity contribution in [3.63, 3.8) is 0 Å². The van der Waals surface area contributed by atoms with Gasteiger partial charge < -0.3 is 48.5 Å². The van der Waals surface area contributed by atoms with Gasteiger partial charge in [-0.05, 0) is 12.8 Å². The van der Waals surface area contributed by atoms with Gasteiger partial charge in [0.2, 0.25) is 29.5 Å². The van der Waals surface area contributed by atoms with Gasteiger partial charge in [-0.3, -0.25) is 33.6 Å². The lowest BCUT2D eigenvalue weighted by Crippen LogP contribution is -2.58. The van der Waals surface area contributed by atoms with Crippen LogP contribution in [0.3, 0.4) is 0 Å². The third-order valence-corrected chi connectivity index (χ3v) is 4.35. The highest BCUT2D eigenvalue weighted by atomic mass is 16.4. The molecule has 0 spiro atoms. The number of nitrogens with one attached hydrogen (secondary N) is 3. The molecule has 5 amide bonds. The monoisotopic (exact) mass is 504 g/mol. The summed E-state index contributed by atoms with van der Waals surface area (Å²) in [5.41, 5.74) is 15.7. The summed E-state index contributed by atoms with van der Waals surface area (Å²) >= 11 is 0. The van der Waals surface area contributed by atoms with E-state index in [0.29, 0.717) is 0 Å². The lowest BCUT2D eigenvalue weighted by Gasteiger charge is -2.24. The van der Waals surface area contributed by atoms with Crippen LogP contribution in [0.2, 0.25) is 0 Å². The van der Waals surface area contributed by atoms with Crippen LogP contribution >= 0.6 is 0 Å². The number of rotatable bonds is 17. The van der Waals surface area contributed by atoms with Gasteiger partial charge in [0.1, 0.15) is 18.1 Å². The van der Waals surface area contributed by atoms with Crippen LogP contribution in [0.15, 0.2) is 0 Å². The predicted molar refractivity (Wildman–Crippen MR) is 113 cm³/mol. The number of carboxylic acids is 3. The molecule has 0 bridgehead atoms. The zero-order valence-corrected chi connectivity index (χ0v) is 18.4. The van der Waals surface area contributed by atoms with Gasteiger partial charge in [-0.25, -0.2) is 4.79 Å². The van der Waals surface area contributed by atoms with Crippen molar-refractivity contribution in [3.05, 3.63) is 0 Å². The maximum atomic E-state index is 12.7. The highest BCUT2D eigenvalue weighted by Gasteiger charge is 2.32. The summed E-state index contributed by atoms with van der Waals surface area (Å²) < 4.78 is 0. The molecular weight excluding hydrogens is 476 g/mol. The highest BCUT2D eigenvalue weighted by Crippen LogP contribution is 2.04. The smallest absolute Gasteiger partial charge is 0.326 e. The van der Waals surface area contributed by atoms with Crippen LogP contribution in [0.5, 0.6) is 0 Å². The van der Waals surface area contributed by atoms with Crippen molar-refractivity contribution in [1.29, 1.82) is 0 Å². The predicted octanol–water partition coefficient (Wildman–Crippen LogP) is -4.67. The Morgan fingerprint density at radius 3 is 1.57 bits per heavy atom. The van der Waals surface area contributed by atoms with E-state index in [9.17, 15) is 38.4 Å². The van der Waals surface area contributed by atoms with Gasteiger partial charge in [-0.15, -0.1) is 0 Å². The van der Waals surface area contributed by atoms with Gasteiger partial charge in [0.05, 0.1) is 18.9 Å². The minimum absolute atomic E-state index is 0.296. The Hall–Kier alpha value is -4.28. The molecule has 0 saturated carbocycles. The number of primary amides is 2. The average Bonchev–Trinajstić information content (AvgIpc) is 2.72. The molecule has 196 valence electrons. The van der Waals surface area contributed by atoms with E-state index in [2.05, 4.69) is 10.6 Å². The van der Waals surface area contributed by atoms with Gasteiger partial charge in [-0.2, -0.15) is 0 Å². The average molecular weight is 504 g/mol. The van der Waals surface area contributed by atoms with E-state index >= 15 is 0 Å². The van der Waals surface area contributed by atoms with Crippen LogP contribution in [-0.2, 0) is 38.4 Å². The molecule has 4 unspecified atom stereocenters. The molecular formula is C18H28N6O11. The normalized spacial score (nSPS) is 13.9. The lowest BCUT2D eigenvalue weighted by molar-refractivity contribution is -0.147. The molecule has 35 heavy (non-hydrogen) atoms. The number of carbonyl (C=O) groups is 8. The van der Waals surface area contributed by atoms with Crippen molar-refractivity contribution >= 4 is 47.4 Å². The molecule has 17 heteroatoms. The Bertz CT molecular complexity index is 862. The number of carbonyl (C=O) groups excluding carboxylic acids is 5. The Morgan fingerprint density at radius 2 is 1.11 bits per heavy atom. The van der Waals surface area contributed by atoms with Gasteiger partial charge in [-0.1, -0.05) is 0 Å². The first kappa shape index (κ1) is 30.7. The summed E-state index contributed by atoms with van der Waals surface area (Å²) in [5.74, 6) is -9.73. The second-order valence-corrected chi connectivity index (χ2v) is 7.33. The molecule has 0 aliphatic rings. The number of amides is 5. The van der Waals surface area contributed by atoms with Crippen molar-refractivity contribution in [1.82, 2.24) is 16.0 Å². The standard InChI is InChI=1S/C18H28N6O11/c19-7(1-4-13(27)28)15(31)23-9(5-12(21)26)17(33)22-8(2-3-11(20)25)16(32)24-10(18(34)35)6-14(29)30/h7-10H,1-6,19H2,(H2,20,25)(H2,21,26)(H,22,33)(H,23,31)(H,24,32)(H,27,28)(H,29,30)(H,34,35). The van der Waals surface area contributed by atoms with E-state index in [1.165, 1.54) is 0 Å². The van der Waals surface area contributed by atoms with Crippen molar-refractivity contribution < 1.29 is 53.7 Å². The van der Waals surface area contributed by atoms with Crippen LogP contribution in [-0.4, -0.2) is 86.9 Å². The summed E-state index contributed by atoms with van der Waals surface area (Å²) in [6.45, 7) is 0. The maximum Gasteiger partial charge on any atom is 0.326 e. The fourth-order valence-electron chi connectivity index (χ4n) is 2.57. The minimum Gasteiger partial charge on any atom is -0.481 e. The lowest BCUT2D eigenvalue weighted by atomic mass is 10.1. The van der Waals surface area contributed by atoms with Crippen molar-refractivity contribution in [3.8, 4) is 0 Å². The molecule has 0 aliphatic heterocycles. The summed E-state index contributed by atoms with van der Waals surface area (Å²) in [4.78, 5) is 92.5. The van der Waals surface area contributed by atoms with Crippen LogP contribution < -0.4 is 33.2 Å². The number of hydrogen-bond acceptors (Lipinski definition) is 9. The molecule has 0 aliphatic carbocycles. The molecule has 0 rings (SSSR count). The second-order valence-electron chi connectivity index (χ2n) is 7.33. The first-order valence-corrected chi connectivity index (χ1v) is 10.0. The maximum absolute atomic E-state index is 12.7. The zero-order chi connectivity index (χ0) is 27.3. The molecule has 12 N–H and O–H groups in total. The summed E-state index contributed by atoms with van der Waals surface area (Å²) in [5, 5.41) is 32.7. The minimum atomic E-state index is -1.87. The number of nitrogens with two attached hydrogens (primary N) is 3. The van der Waals surface area contributed by atoms with E-state index < -0.39 is 104 Å². The number of hydrogen-bond donors (Lipinski definition) is 9. The number of aliphatic carboxylic acids is 3. The molecule has 0 radical (unpaired) electrons. The van der Waals surface area contributed by atoms with E-state index in [4.69, 9.17) is 32.5 Å². The summed E-state index contributed by atoms with van der Waals surface area (Å²) in [6, 6.07) is -6.54. The SMILES string of the molecule is NC(=O)CCC(NC(=O)C(CC(N)=O)NC(=O)C(N)CCC(=O)O)C(=O)NC(CC(=O)O)C(=O)O.